The molecule has 0 radical (unpaired) electrons. The monoisotopic (exact) mass is 378 g/mol. The van der Waals surface area contributed by atoms with Crippen molar-refractivity contribution in [3.63, 3.8) is 0 Å². The predicted molar refractivity (Wildman–Crippen MR) is 103 cm³/mol. The van der Waals surface area contributed by atoms with Crippen molar-refractivity contribution >= 4 is 52.4 Å². The molecule has 2 N–H and O–H groups in total. The molecule has 24 heavy (non-hydrogen) atoms. The normalized spacial score (nSPS) is 16.3. The lowest BCUT2D eigenvalue weighted by atomic mass is 10.2. The van der Waals surface area contributed by atoms with Gasteiger partial charge in [0, 0.05) is 34.2 Å². The van der Waals surface area contributed by atoms with Crippen molar-refractivity contribution in [1.82, 2.24) is 5.32 Å². The van der Waals surface area contributed by atoms with Crippen molar-refractivity contribution in [1.29, 1.82) is 0 Å². The summed E-state index contributed by atoms with van der Waals surface area (Å²) in [6.07, 6.45) is 0.209. The molecule has 1 aliphatic rings. The van der Waals surface area contributed by atoms with E-state index < -0.39 is 0 Å². The first-order valence-corrected chi connectivity index (χ1v) is 10.6. The van der Waals surface area contributed by atoms with Gasteiger partial charge in [-0.15, -0.1) is 23.1 Å². The van der Waals surface area contributed by atoms with E-state index in [0.717, 1.165) is 22.1 Å². The summed E-state index contributed by atoms with van der Waals surface area (Å²) in [5.74, 6) is 1.68. The first kappa shape index (κ1) is 17.4. The summed E-state index contributed by atoms with van der Waals surface area (Å²) in [7, 11) is 0. The average molecular weight is 379 g/mol. The summed E-state index contributed by atoms with van der Waals surface area (Å²) in [5, 5.41) is 7.48. The lowest BCUT2D eigenvalue weighted by Crippen LogP contribution is -2.35. The van der Waals surface area contributed by atoms with Crippen LogP contribution in [0.3, 0.4) is 0 Å². The summed E-state index contributed by atoms with van der Waals surface area (Å²) in [6.45, 7) is 0.629. The SMILES string of the molecule is O=C(CC1Sc2ccccc2NC1=O)NCCSCc1cccs1. The number of carbonyl (C=O) groups is 2. The lowest BCUT2D eigenvalue weighted by molar-refractivity contribution is -0.123. The van der Waals surface area contributed by atoms with E-state index >= 15 is 0 Å². The van der Waals surface area contributed by atoms with Crippen LogP contribution in [0.1, 0.15) is 11.3 Å². The first-order valence-electron chi connectivity index (χ1n) is 7.66. The number of rotatable bonds is 7. The molecule has 2 amide bonds. The highest BCUT2D eigenvalue weighted by molar-refractivity contribution is 8.01. The van der Waals surface area contributed by atoms with Gasteiger partial charge in [0.2, 0.25) is 11.8 Å². The molecule has 1 aromatic heterocycles. The summed E-state index contributed by atoms with van der Waals surface area (Å²) in [4.78, 5) is 26.5. The lowest BCUT2D eigenvalue weighted by Gasteiger charge is -2.23. The number of benzene rings is 1. The van der Waals surface area contributed by atoms with Crippen LogP contribution in [0.15, 0.2) is 46.7 Å². The molecule has 2 heterocycles. The first-order chi connectivity index (χ1) is 11.7. The number of anilines is 1. The van der Waals surface area contributed by atoms with Crippen molar-refractivity contribution in [2.24, 2.45) is 0 Å². The fourth-order valence-corrected chi connectivity index (χ4v) is 5.11. The standard InChI is InChI=1S/C17H18N2O2S3/c20-16(18-7-9-22-11-12-4-3-8-23-12)10-15-17(21)19-13-5-1-2-6-14(13)24-15/h1-6,8,15H,7,9-11H2,(H,18,20)(H,19,21). The number of hydrogen-bond donors (Lipinski definition) is 2. The van der Waals surface area contributed by atoms with E-state index in [1.54, 1.807) is 23.1 Å². The fraction of sp³-hybridized carbons (Fsp3) is 0.294. The Kier molecular flexibility index (Phi) is 6.23. The van der Waals surface area contributed by atoms with Crippen molar-refractivity contribution in [2.75, 3.05) is 17.6 Å². The molecule has 2 aromatic rings. The van der Waals surface area contributed by atoms with Gasteiger partial charge in [-0.3, -0.25) is 9.59 Å². The Morgan fingerprint density at radius 3 is 2.96 bits per heavy atom. The Hall–Kier alpha value is -1.44. The summed E-state index contributed by atoms with van der Waals surface area (Å²) in [6, 6.07) is 11.8. The molecule has 0 fully saturated rings. The summed E-state index contributed by atoms with van der Waals surface area (Å²) in [5.41, 5.74) is 0.828. The van der Waals surface area contributed by atoms with Crippen LogP contribution in [-0.2, 0) is 15.3 Å². The number of para-hydroxylation sites is 1. The van der Waals surface area contributed by atoms with Crippen LogP contribution < -0.4 is 10.6 Å². The molecule has 0 aliphatic carbocycles. The molecular formula is C17H18N2O2S3. The van der Waals surface area contributed by atoms with Gasteiger partial charge in [0.05, 0.1) is 10.9 Å². The average Bonchev–Trinajstić information content (AvgIpc) is 3.08. The van der Waals surface area contributed by atoms with E-state index in [2.05, 4.69) is 22.1 Å². The molecule has 0 bridgehead atoms. The zero-order valence-electron chi connectivity index (χ0n) is 13.0. The van der Waals surface area contributed by atoms with Crippen molar-refractivity contribution in [2.45, 2.75) is 22.3 Å². The zero-order valence-corrected chi connectivity index (χ0v) is 15.4. The minimum absolute atomic E-state index is 0.0706. The molecule has 1 aliphatic heterocycles. The number of thioether (sulfide) groups is 2. The van der Waals surface area contributed by atoms with E-state index in [0.29, 0.717) is 6.54 Å². The van der Waals surface area contributed by atoms with Gasteiger partial charge >= 0.3 is 0 Å². The Morgan fingerprint density at radius 1 is 1.25 bits per heavy atom. The van der Waals surface area contributed by atoms with Crippen LogP contribution in [0.25, 0.3) is 0 Å². The molecule has 7 heteroatoms. The number of carbonyl (C=O) groups excluding carboxylic acids is 2. The van der Waals surface area contributed by atoms with E-state index in [9.17, 15) is 9.59 Å². The molecule has 1 atom stereocenters. The van der Waals surface area contributed by atoms with Gasteiger partial charge in [0.25, 0.3) is 0 Å². The maximum atomic E-state index is 12.1. The minimum Gasteiger partial charge on any atom is -0.355 e. The Balaban J connectivity index is 1.38. The molecule has 4 nitrogen and oxygen atoms in total. The molecule has 1 aromatic carbocycles. The predicted octanol–water partition coefficient (Wildman–Crippen LogP) is 3.60. The Labute approximate surface area is 153 Å². The molecule has 3 rings (SSSR count). The Bertz CT molecular complexity index is 704. The van der Waals surface area contributed by atoms with Crippen LogP contribution in [0, 0.1) is 0 Å². The Morgan fingerprint density at radius 2 is 2.12 bits per heavy atom. The molecule has 0 spiro atoms. The second-order valence-corrected chi connectivity index (χ2v) is 8.66. The third kappa shape index (κ3) is 4.78. The summed E-state index contributed by atoms with van der Waals surface area (Å²) >= 11 is 5.01. The molecular weight excluding hydrogens is 360 g/mol. The van der Waals surface area contributed by atoms with E-state index in [-0.39, 0.29) is 23.5 Å². The van der Waals surface area contributed by atoms with E-state index in [1.807, 2.05) is 30.3 Å². The second kappa shape index (κ2) is 8.60. The van der Waals surface area contributed by atoms with Gasteiger partial charge in [-0.2, -0.15) is 11.8 Å². The van der Waals surface area contributed by atoms with Crippen LogP contribution in [0.4, 0.5) is 5.69 Å². The molecule has 0 saturated carbocycles. The van der Waals surface area contributed by atoms with Gasteiger partial charge in [0.15, 0.2) is 0 Å². The van der Waals surface area contributed by atoms with Crippen LogP contribution in [0.2, 0.25) is 0 Å². The highest BCUT2D eigenvalue weighted by Gasteiger charge is 2.28. The topological polar surface area (TPSA) is 58.2 Å². The number of thiophene rings is 1. The van der Waals surface area contributed by atoms with E-state index in [4.69, 9.17) is 0 Å². The fourth-order valence-electron chi connectivity index (χ4n) is 2.30. The second-order valence-electron chi connectivity index (χ2n) is 5.28. The van der Waals surface area contributed by atoms with Crippen molar-refractivity contribution in [3.8, 4) is 0 Å². The number of nitrogens with one attached hydrogen (secondary N) is 2. The van der Waals surface area contributed by atoms with Crippen molar-refractivity contribution in [3.05, 3.63) is 46.7 Å². The number of hydrogen-bond acceptors (Lipinski definition) is 5. The van der Waals surface area contributed by atoms with Gasteiger partial charge in [-0.25, -0.2) is 0 Å². The third-order valence-electron chi connectivity index (χ3n) is 3.47. The molecule has 0 saturated heterocycles. The highest BCUT2D eigenvalue weighted by atomic mass is 32.2. The van der Waals surface area contributed by atoms with Gasteiger partial charge in [-0.05, 0) is 23.6 Å². The van der Waals surface area contributed by atoms with Crippen LogP contribution in [-0.4, -0.2) is 29.4 Å². The maximum Gasteiger partial charge on any atom is 0.238 e. The van der Waals surface area contributed by atoms with E-state index in [1.165, 1.54) is 16.6 Å². The van der Waals surface area contributed by atoms with Gasteiger partial charge < -0.3 is 10.6 Å². The summed E-state index contributed by atoms with van der Waals surface area (Å²) < 4.78 is 0. The quantitative estimate of drug-likeness (QED) is 0.723. The van der Waals surface area contributed by atoms with Crippen LogP contribution in [0.5, 0.6) is 0 Å². The minimum atomic E-state index is -0.362. The number of amides is 2. The van der Waals surface area contributed by atoms with Crippen molar-refractivity contribution < 1.29 is 9.59 Å². The largest absolute Gasteiger partial charge is 0.355 e. The third-order valence-corrected chi connectivity index (χ3v) is 6.81. The number of fused-ring (bicyclic) bond motifs is 1. The molecule has 1 unspecified atom stereocenters. The smallest absolute Gasteiger partial charge is 0.238 e. The maximum absolute atomic E-state index is 12.1. The van der Waals surface area contributed by atoms with Crippen LogP contribution >= 0.6 is 34.9 Å². The highest BCUT2D eigenvalue weighted by Crippen LogP contribution is 2.36. The van der Waals surface area contributed by atoms with Gasteiger partial charge in [-0.1, -0.05) is 18.2 Å². The zero-order chi connectivity index (χ0) is 16.8. The van der Waals surface area contributed by atoms with Gasteiger partial charge in [0.1, 0.15) is 0 Å². The molecule has 126 valence electrons.